The molecular formula is C15H22N4O3. The van der Waals surface area contributed by atoms with Crippen molar-refractivity contribution in [2.24, 2.45) is 0 Å². The summed E-state index contributed by atoms with van der Waals surface area (Å²) in [5.41, 5.74) is 1.98. The molecule has 1 aromatic heterocycles. The van der Waals surface area contributed by atoms with Gasteiger partial charge in [0, 0.05) is 12.5 Å². The molecule has 0 bridgehead atoms. The van der Waals surface area contributed by atoms with E-state index >= 15 is 0 Å². The number of rotatable bonds is 4. The lowest BCUT2D eigenvalue weighted by molar-refractivity contribution is -0.127. The van der Waals surface area contributed by atoms with Gasteiger partial charge in [0.2, 0.25) is 5.91 Å². The van der Waals surface area contributed by atoms with Crippen molar-refractivity contribution in [1.82, 2.24) is 20.4 Å². The number of amides is 2. The molecule has 3 rings (SSSR count). The number of carbonyl (C=O) groups is 2. The van der Waals surface area contributed by atoms with Crippen molar-refractivity contribution in [1.29, 1.82) is 0 Å². The first-order valence-electron chi connectivity index (χ1n) is 7.85. The maximum absolute atomic E-state index is 12.4. The number of carbonyl (C=O) groups excluding carboxylic acids is 2. The Hall–Kier alpha value is -2.05. The van der Waals surface area contributed by atoms with Crippen LogP contribution in [-0.4, -0.2) is 46.8 Å². The number of likely N-dealkylation sites (tertiary alicyclic amines) is 1. The summed E-state index contributed by atoms with van der Waals surface area (Å²) in [6.07, 6.45) is 4.50. The maximum atomic E-state index is 12.4. The number of aromatic nitrogens is 2. The van der Waals surface area contributed by atoms with E-state index in [2.05, 4.69) is 15.5 Å². The van der Waals surface area contributed by atoms with Gasteiger partial charge in [-0.1, -0.05) is 0 Å². The van der Waals surface area contributed by atoms with Crippen LogP contribution < -0.4 is 5.32 Å². The van der Waals surface area contributed by atoms with Crippen molar-refractivity contribution in [3.8, 4) is 0 Å². The predicted octanol–water partition coefficient (Wildman–Crippen LogP) is 1.52. The molecule has 2 fully saturated rings. The number of nitrogens with zero attached hydrogens (tertiary/aromatic N) is 2. The van der Waals surface area contributed by atoms with E-state index in [9.17, 15) is 9.59 Å². The van der Waals surface area contributed by atoms with E-state index < -0.39 is 12.1 Å². The quantitative estimate of drug-likeness (QED) is 0.883. The number of H-pyrrole nitrogens is 1. The number of aromatic amines is 1. The molecule has 0 radical (unpaired) electrons. The van der Waals surface area contributed by atoms with Crippen molar-refractivity contribution < 1.29 is 14.3 Å². The van der Waals surface area contributed by atoms with Gasteiger partial charge in [-0.15, -0.1) is 0 Å². The molecule has 22 heavy (non-hydrogen) atoms. The van der Waals surface area contributed by atoms with Crippen LogP contribution in [0.3, 0.4) is 0 Å². The number of hydrogen-bond acceptors (Lipinski definition) is 4. The second kappa shape index (κ2) is 6.37. The first-order chi connectivity index (χ1) is 10.7. The summed E-state index contributed by atoms with van der Waals surface area (Å²) in [6.45, 7) is 0.977. The first-order valence-corrected chi connectivity index (χ1v) is 7.85. The normalized spacial score (nSPS) is 21.5. The van der Waals surface area contributed by atoms with Crippen LogP contribution in [0, 0.1) is 0 Å². The summed E-state index contributed by atoms with van der Waals surface area (Å²) >= 11 is 0. The molecule has 2 aliphatic rings. The van der Waals surface area contributed by atoms with Gasteiger partial charge in [0.1, 0.15) is 6.04 Å². The Morgan fingerprint density at radius 1 is 1.41 bits per heavy atom. The summed E-state index contributed by atoms with van der Waals surface area (Å²) < 4.78 is 4.76. The Balaban J connectivity index is 1.56. The Bertz CT molecular complexity index is 553. The van der Waals surface area contributed by atoms with Crippen LogP contribution in [0.5, 0.6) is 0 Å². The van der Waals surface area contributed by atoms with Gasteiger partial charge in [-0.3, -0.25) is 14.8 Å². The largest absolute Gasteiger partial charge is 0.453 e. The highest BCUT2D eigenvalue weighted by Crippen LogP contribution is 2.38. The maximum Gasteiger partial charge on any atom is 0.410 e. The van der Waals surface area contributed by atoms with Crippen LogP contribution in [0.4, 0.5) is 4.79 Å². The fourth-order valence-corrected chi connectivity index (χ4v) is 2.90. The molecular weight excluding hydrogens is 284 g/mol. The third kappa shape index (κ3) is 3.23. The van der Waals surface area contributed by atoms with E-state index in [0.29, 0.717) is 25.4 Å². The molecule has 1 atom stereocenters. The summed E-state index contributed by atoms with van der Waals surface area (Å²) in [5, 5.41) is 10.1. The molecule has 1 saturated heterocycles. The zero-order valence-corrected chi connectivity index (χ0v) is 12.8. The van der Waals surface area contributed by atoms with Crippen molar-refractivity contribution in [3.63, 3.8) is 0 Å². The molecule has 7 nitrogen and oxygen atoms in total. The fraction of sp³-hybridized carbons (Fsp3) is 0.667. The molecule has 2 heterocycles. The van der Waals surface area contributed by atoms with E-state index in [4.69, 9.17) is 4.74 Å². The summed E-state index contributed by atoms with van der Waals surface area (Å²) in [6, 6.07) is 1.57. The Morgan fingerprint density at radius 2 is 2.23 bits per heavy atom. The van der Waals surface area contributed by atoms with Crippen LogP contribution in [0.15, 0.2) is 6.07 Å². The highest BCUT2D eigenvalue weighted by Gasteiger charge is 2.32. The van der Waals surface area contributed by atoms with Crippen LogP contribution in [0.2, 0.25) is 0 Å². The molecule has 1 saturated carbocycles. The smallest absolute Gasteiger partial charge is 0.410 e. The molecule has 1 aromatic rings. The van der Waals surface area contributed by atoms with Crippen LogP contribution in [-0.2, 0) is 16.1 Å². The number of ether oxygens (including phenoxy) is 1. The first kappa shape index (κ1) is 14.9. The highest BCUT2D eigenvalue weighted by molar-refractivity contribution is 5.85. The van der Waals surface area contributed by atoms with Gasteiger partial charge in [-0.05, 0) is 38.2 Å². The van der Waals surface area contributed by atoms with E-state index in [1.54, 1.807) is 0 Å². The van der Waals surface area contributed by atoms with Crippen LogP contribution >= 0.6 is 0 Å². The lowest BCUT2D eigenvalue weighted by Crippen LogP contribution is -2.51. The second-order valence-corrected chi connectivity index (χ2v) is 5.99. The zero-order valence-electron chi connectivity index (χ0n) is 12.8. The predicted molar refractivity (Wildman–Crippen MR) is 79.2 cm³/mol. The molecule has 7 heteroatoms. The van der Waals surface area contributed by atoms with Crippen molar-refractivity contribution in [3.05, 3.63) is 17.5 Å². The average molecular weight is 306 g/mol. The van der Waals surface area contributed by atoms with E-state index in [-0.39, 0.29) is 5.91 Å². The lowest BCUT2D eigenvalue weighted by Gasteiger charge is -2.33. The molecule has 0 spiro atoms. The van der Waals surface area contributed by atoms with Crippen molar-refractivity contribution in [2.75, 3.05) is 13.7 Å². The minimum absolute atomic E-state index is 0.132. The third-order valence-corrected chi connectivity index (χ3v) is 4.31. The lowest BCUT2D eigenvalue weighted by atomic mass is 10.0. The third-order valence-electron chi connectivity index (χ3n) is 4.31. The van der Waals surface area contributed by atoms with Gasteiger partial charge in [0.05, 0.1) is 25.0 Å². The van der Waals surface area contributed by atoms with E-state index in [0.717, 1.165) is 24.2 Å². The second-order valence-electron chi connectivity index (χ2n) is 5.99. The highest BCUT2D eigenvalue weighted by atomic mass is 16.5. The van der Waals surface area contributed by atoms with Gasteiger partial charge >= 0.3 is 6.09 Å². The fourth-order valence-electron chi connectivity index (χ4n) is 2.90. The van der Waals surface area contributed by atoms with E-state index in [1.807, 2.05) is 6.07 Å². The zero-order chi connectivity index (χ0) is 15.5. The van der Waals surface area contributed by atoms with E-state index in [1.165, 1.54) is 24.9 Å². The Labute approximate surface area is 129 Å². The molecule has 0 unspecified atom stereocenters. The number of piperidine rings is 1. The van der Waals surface area contributed by atoms with Crippen LogP contribution in [0.25, 0.3) is 0 Å². The molecule has 1 aliphatic heterocycles. The Morgan fingerprint density at radius 3 is 2.95 bits per heavy atom. The Kier molecular flexibility index (Phi) is 4.31. The molecule has 1 aliphatic carbocycles. The van der Waals surface area contributed by atoms with Crippen molar-refractivity contribution >= 4 is 12.0 Å². The topological polar surface area (TPSA) is 87.3 Å². The van der Waals surface area contributed by atoms with Gasteiger partial charge in [-0.2, -0.15) is 5.10 Å². The van der Waals surface area contributed by atoms with Gasteiger partial charge in [0.15, 0.2) is 0 Å². The molecule has 0 aromatic carbocycles. The minimum atomic E-state index is -0.438. The number of nitrogens with one attached hydrogen (secondary N) is 2. The van der Waals surface area contributed by atoms with Gasteiger partial charge in [0.25, 0.3) is 0 Å². The average Bonchev–Trinajstić information content (AvgIpc) is 3.30. The van der Waals surface area contributed by atoms with Gasteiger partial charge < -0.3 is 10.1 Å². The standard InChI is InChI=1S/C15H22N4O3/c1-22-15(21)19-7-3-2-4-13(19)14(20)16-9-11-8-12(18-17-11)10-5-6-10/h8,10,13H,2-7,9H2,1H3,(H,16,20)(H,17,18)/t13-/m1/s1. The summed E-state index contributed by atoms with van der Waals surface area (Å²) in [7, 11) is 1.34. The molecule has 120 valence electrons. The SMILES string of the molecule is COC(=O)N1CCCC[C@@H]1C(=O)NCc1cc(C2CC2)n[nH]1. The molecule has 2 N–H and O–H groups in total. The monoisotopic (exact) mass is 306 g/mol. The van der Waals surface area contributed by atoms with Crippen molar-refractivity contribution in [2.45, 2.75) is 50.6 Å². The minimum Gasteiger partial charge on any atom is -0.453 e. The summed E-state index contributed by atoms with van der Waals surface area (Å²) in [4.78, 5) is 25.6. The molecule has 2 amide bonds. The number of methoxy groups -OCH3 is 1. The van der Waals surface area contributed by atoms with Crippen LogP contribution in [0.1, 0.15) is 49.4 Å². The summed E-state index contributed by atoms with van der Waals surface area (Å²) in [5.74, 6) is 0.460. The number of hydrogen-bond donors (Lipinski definition) is 2. The van der Waals surface area contributed by atoms with Gasteiger partial charge in [-0.25, -0.2) is 4.79 Å².